The molecular weight excluding hydrogens is 362 g/mol. The van der Waals surface area contributed by atoms with Gasteiger partial charge in [-0.2, -0.15) is 0 Å². The predicted molar refractivity (Wildman–Crippen MR) is 93.0 cm³/mol. The molecule has 1 aliphatic rings. The zero-order chi connectivity index (χ0) is 15.7. The van der Waals surface area contributed by atoms with Crippen LogP contribution in [0, 0.1) is 5.92 Å². The lowest BCUT2D eigenvalue weighted by atomic mass is 10.1. The van der Waals surface area contributed by atoms with Crippen LogP contribution in [0.3, 0.4) is 0 Å². The second kappa shape index (κ2) is 6.43. The van der Waals surface area contributed by atoms with Gasteiger partial charge < -0.3 is 5.32 Å². The number of rotatable bonds is 4. The summed E-state index contributed by atoms with van der Waals surface area (Å²) in [5, 5.41) is 3.85. The highest BCUT2D eigenvalue weighted by atomic mass is 79.9. The smallest absolute Gasteiger partial charge is 0.224 e. The SMILES string of the molecule is CC(NC(=O)C1CC1c1ccccc1Cl)c1ccc(Br)cc1. The molecule has 1 saturated carbocycles. The topological polar surface area (TPSA) is 29.1 Å². The summed E-state index contributed by atoms with van der Waals surface area (Å²) in [5.74, 6) is 0.406. The largest absolute Gasteiger partial charge is 0.349 e. The molecule has 114 valence electrons. The molecule has 2 aromatic carbocycles. The molecule has 22 heavy (non-hydrogen) atoms. The summed E-state index contributed by atoms with van der Waals surface area (Å²) < 4.78 is 1.04. The molecule has 1 fully saturated rings. The number of nitrogens with one attached hydrogen (secondary N) is 1. The zero-order valence-corrected chi connectivity index (χ0v) is 14.6. The number of hydrogen-bond donors (Lipinski definition) is 1. The molecule has 0 radical (unpaired) electrons. The van der Waals surface area contributed by atoms with Gasteiger partial charge in [-0.1, -0.05) is 57.9 Å². The Hall–Kier alpha value is -1.32. The summed E-state index contributed by atoms with van der Waals surface area (Å²) >= 11 is 9.63. The number of carbonyl (C=O) groups excluding carboxylic acids is 1. The molecule has 0 bridgehead atoms. The Morgan fingerprint density at radius 1 is 1.23 bits per heavy atom. The second-order valence-electron chi connectivity index (χ2n) is 5.75. The van der Waals surface area contributed by atoms with E-state index in [9.17, 15) is 4.79 Å². The zero-order valence-electron chi connectivity index (χ0n) is 12.2. The average molecular weight is 379 g/mol. The van der Waals surface area contributed by atoms with E-state index < -0.39 is 0 Å². The third-order valence-electron chi connectivity index (χ3n) is 4.16. The number of benzene rings is 2. The van der Waals surface area contributed by atoms with E-state index in [2.05, 4.69) is 21.2 Å². The van der Waals surface area contributed by atoms with Gasteiger partial charge in [-0.15, -0.1) is 0 Å². The number of halogens is 2. The van der Waals surface area contributed by atoms with Crippen molar-refractivity contribution in [1.82, 2.24) is 5.32 Å². The molecule has 0 aromatic heterocycles. The van der Waals surface area contributed by atoms with E-state index in [4.69, 9.17) is 11.6 Å². The predicted octanol–water partition coefficient (Wildman–Crippen LogP) is 5.08. The molecule has 1 N–H and O–H groups in total. The molecular formula is C18H17BrClNO. The number of hydrogen-bond acceptors (Lipinski definition) is 1. The van der Waals surface area contributed by atoms with E-state index in [1.54, 1.807) is 0 Å². The number of carbonyl (C=O) groups is 1. The van der Waals surface area contributed by atoms with Crippen LogP contribution in [-0.4, -0.2) is 5.91 Å². The standard InChI is InChI=1S/C18H17BrClNO/c1-11(12-6-8-13(19)9-7-12)21-18(22)16-10-15(16)14-4-2-3-5-17(14)20/h2-9,11,15-16H,10H2,1H3,(H,21,22). The van der Waals surface area contributed by atoms with Gasteiger partial charge in [0.1, 0.15) is 0 Å². The third kappa shape index (κ3) is 3.36. The molecule has 3 atom stereocenters. The van der Waals surface area contributed by atoms with E-state index in [-0.39, 0.29) is 23.8 Å². The van der Waals surface area contributed by atoms with Crippen molar-refractivity contribution in [1.29, 1.82) is 0 Å². The van der Waals surface area contributed by atoms with E-state index >= 15 is 0 Å². The maximum Gasteiger partial charge on any atom is 0.224 e. The molecule has 0 saturated heterocycles. The Morgan fingerprint density at radius 3 is 2.59 bits per heavy atom. The Kier molecular flexibility index (Phi) is 4.55. The van der Waals surface area contributed by atoms with Crippen LogP contribution in [-0.2, 0) is 4.79 Å². The van der Waals surface area contributed by atoms with Gasteiger partial charge in [0.05, 0.1) is 6.04 Å². The highest BCUT2D eigenvalue weighted by Crippen LogP contribution is 2.49. The van der Waals surface area contributed by atoms with E-state index in [1.807, 2.05) is 55.5 Å². The number of amides is 1. The van der Waals surface area contributed by atoms with Crippen molar-refractivity contribution in [2.75, 3.05) is 0 Å². The molecule has 2 aromatic rings. The van der Waals surface area contributed by atoms with Gasteiger partial charge in [-0.25, -0.2) is 0 Å². The minimum Gasteiger partial charge on any atom is -0.349 e. The summed E-state index contributed by atoms with van der Waals surface area (Å²) in [5.41, 5.74) is 2.19. The second-order valence-corrected chi connectivity index (χ2v) is 7.07. The van der Waals surface area contributed by atoms with Crippen LogP contribution in [0.25, 0.3) is 0 Å². The summed E-state index contributed by atoms with van der Waals surface area (Å²) in [7, 11) is 0. The van der Waals surface area contributed by atoms with Crippen molar-refractivity contribution in [3.63, 3.8) is 0 Å². The highest BCUT2D eigenvalue weighted by Gasteiger charge is 2.45. The Labute approximate surface area is 144 Å². The van der Waals surface area contributed by atoms with Crippen LogP contribution in [0.1, 0.15) is 36.4 Å². The van der Waals surface area contributed by atoms with Gasteiger partial charge in [0.25, 0.3) is 0 Å². The lowest BCUT2D eigenvalue weighted by molar-refractivity contribution is -0.123. The van der Waals surface area contributed by atoms with Crippen LogP contribution < -0.4 is 5.32 Å². The first-order valence-electron chi connectivity index (χ1n) is 7.36. The fourth-order valence-electron chi connectivity index (χ4n) is 2.76. The van der Waals surface area contributed by atoms with Crippen LogP contribution in [0.4, 0.5) is 0 Å². The first kappa shape index (κ1) is 15.6. The summed E-state index contributed by atoms with van der Waals surface area (Å²) in [6, 6.07) is 15.8. The summed E-state index contributed by atoms with van der Waals surface area (Å²) in [6.07, 6.45) is 0.878. The molecule has 3 rings (SSSR count). The van der Waals surface area contributed by atoms with Crippen molar-refractivity contribution in [3.05, 3.63) is 69.2 Å². The van der Waals surface area contributed by atoms with Crippen LogP contribution in [0.15, 0.2) is 53.0 Å². The van der Waals surface area contributed by atoms with Crippen molar-refractivity contribution in [2.45, 2.75) is 25.3 Å². The van der Waals surface area contributed by atoms with Crippen LogP contribution >= 0.6 is 27.5 Å². The fraction of sp³-hybridized carbons (Fsp3) is 0.278. The molecule has 0 spiro atoms. The van der Waals surface area contributed by atoms with Crippen molar-refractivity contribution < 1.29 is 4.79 Å². The quantitative estimate of drug-likeness (QED) is 0.789. The van der Waals surface area contributed by atoms with Gasteiger partial charge in [0.2, 0.25) is 5.91 Å². The van der Waals surface area contributed by atoms with Gasteiger partial charge in [0, 0.05) is 15.4 Å². The fourth-order valence-corrected chi connectivity index (χ4v) is 3.30. The van der Waals surface area contributed by atoms with E-state index in [0.29, 0.717) is 0 Å². The molecule has 0 aliphatic heterocycles. The van der Waals surface area contributed by atoms with Gasteiger partial charge in [-0.3, -0.25) is 4.79 Å². The molecule has 1 amide bonds. The third-order valence-corrected chi connectivity index (χ3v) is 5.03. The maximum absolute atomic E-state index is 12.4. The van der Waals surface area contributed by atoms with Crippen LogP contribution in [0.5, 0.6) is 0 Å². The summed E-state index contributed by atoms with van der Waals surface area (Å²) in [6.45, 7) is 2.01. The van der Waals surface area contributed by atoms with Gasteiger partial charge in [-0.05, 0) is 48.6 Å². The molecule has 4 heteroatoms. The van der Waals surface area contributed by atoms with Gasteiger partial charge in [0.15, 0.2) is 0 Å². The Bertz CT molecular complexity index is 686. The normalized spacial score (nSPS) is 21.2. The van der Waals surface area contributed by atoms with Gasteiger partial charge >= 0.3 is 0 Å². The van der Waals surface area contributed by atoms with Crippen molar-refractivity contribution >= 4 is 33.4 Å². The van der Waals surface area contributed by atoms with Crippen molar-refractivity contribution in [3.8, 4) is 0 Å². The van der Waals surface area contributed by atoms with Crippen LogP contribution in [0.2, 0.25) is 5.02 Å². The average Bonchev–Trinajstić information content (AvgIpc) is 3.28. The monoisotopic (exact) mass is 377 g/mol. The highest BCUT2D eigenvalue weighted by molar-refractivity contribution is 9.10. The lowest BCUT2D eigenvalue weighted by Crippen LogP contribution is -2.28. The maximum atomic E-state index is 12.4. The Morgan fingerprint density at radius 2 is 1.91 bits per heavy atom. The first-order chi connectivity index (χ1) is 10.6. The molecule has 2 nitrogen and oxygen atoms in total. The molecule has 0 heterocycles. The van der Waals surface area contributed by atoms with Crippen molar-refractivity contribution in [2.24, 2.45) is 5.92 Å². The molecule has 3 unspecified atom stereocenters. The minimum atomic E-state index is 0.00750. The lowest BCUT2D eigenvalue weighted by Gasteiger charge is -2.14. The van der Waals surface area contributed by atoms with E-state index in [1.165, 1.54) is 0 Å². The summed E-state index contributed by atoms with van der Waals surface area (Å²) in [4.78, 5) is 12.4. The first-order valence-corrected chi connectivity index (χ1v) is 8.53. The molecule has 1 aliphatic carbocycles. The Balaban J connectivity index is 1.62. The minimum absolute atomic E-state index is 0.00750. The van der Waals surface area contributed by atoms with E-state index in [0.717, 1.165) is 27.0 Å².